The van der Waals surface area contributed by atoms with Crippen LogP contribution in [0, 0.1) is 0 Å². The lowest BCUT2D eigenvalue weighted by Crippen LogP contribution is -2.06. The molecule has 0 spiro atoms. The zero-order chi connectivity index (χ0) is 14.6. The molecule has 0 aromatic heterocycles. The van der Waals surface area contributed by atoms with Crippen LogP contribution < -0.4 is 4.89 Å². The van der Waals surface area contributed by atoms with Gasteiger partial charge >= 0.3 is 0 Å². The maximum absolute atomic E-state index is 11.1. The van der Waals surface area contributed by atoms with Crippen LogP contribution in [-0.2, 0) is 20.2 Å². The molecule has 0 aliphatic rings. The second-order valence-corrected chi connectivity index (χ2v) is 5.67. The second-order valence-electron chi connectivity index (χ2n) is 4.15. The van der Waals surface area contributed by atoms with Crippen molar-refractivity contribution >= 4 is 7.82 Å². The minimum Gasteiger partial charge on any atom is -0.756 e. The fourth-order valence-corrected chi connectivity index (χ4v) is 2.11. The highest BCUT2D eigenvalue weighted by Crippen LogP contribution is 2.38. The van der Waals surface area contributed by atoms with Crippen LogP contribution in [0.25, 0.3) is 11.1 Å². The predicted octanol–water partition coefficient (Wildman–Crippen LogP) is 2.69. The smallest absolute Gasteiger partial charge is 0.267 e. The minimum atomic E-state index is -4.22. The number of phosphoric ester groups is 1. The van der Waals surface area contributed by atoms with Gasteiger partial charge in [0.05, 0.1) is 6.61 Å². The molecule has 0 radical (unpaired) electrons. The summed E-state index contributed by atoms with van der Waals surface area (Å²) in [6.45, 7) is -0.0828. The molecule has 2 aromatic carbocycles. The van der Waals surface area contributed by atoms with E-state index in [1.54, 1.807) is 30.3 Å². The van der Waals surface area contributed by atoms with Crippen LogP contribution in [0.1, 0.15) is 5.56 Å². The van der Waals surface area contributed by atoms with Gasteiger partial charge in [-0.05, 0) is 34.9 Å². The number of hydrogen-bond acceptors (Lipinski definition) is 5. The molecule has 1 N–H and O–H groups in total. The monoisotopic (exact) mass is 293 g/mol. The molecule has 0 saturated carbocycles. The van der Waals surface area contributed by atoms with E-state index in [4.69, 9.17) is 4.52 Å². The second kappa shape index (κ2) is 6.20. The van der Waals surface area contributed by atoms with Crippen molar-refractivity contribution in [3.63, 3.8) is 0 Å². The van der Waals surface area contributed by atoms with Crippen LogP contribution in [-0.4, -0.2) is 12.2 Å². The number of aromatic hydroxyl groups is 1. The van der Waals surface area contributed by atoms with E-state index in [1.165, 1.54) is 0 Å². The van der Waals surface area contributed by atoms with Crippen molar-refractivity contribution in [3.05, 3.63) is 54.1 Å². The largest absolute Gasteiger partial charge is 0.756 e. The van der Waals surface area contributed by atoms with Crippen molar-refractivity contribution in [2.75, 3.05) is 7.11 Å². The fraction of sp³-hybridized carbons (Fsp3) is 0.143. The van der Waals surface area contributed by atoms with Crippen LogP contribution in [0.2, 0.25) is 0 Å². The molecule has 0 aliphatic carbocycles. The third-order valence-electron chi connectivity index (χ3n) is 2.74. The lowest BCUT2D eigenvalue weighted by molar-refractivity contribution is -0.224. The van der Waals surface area contributed by atoms with Crippen molar-refractivity contribution in [1.29, 1.82) is 0 Å². The Bertz CT molecular complexity index is 624. The Balaban J connectivity index is 2.16. The van der Waals surface area contributed by atoms with Crippen LogP contribution >= 0.6 is 7.82 Å². The van der Waals surface area contributed by atoms with Crippen molar-refractivity contribution in [2.24, 2.45) is 0 Å². The molecule has 0 saturated heterocycles. The van der Waals surface area contributed by atoms with Gasteiger partial charge in [-0.1, -0.05) is 30.3 Å². The molecule has 6 heteroatoms. The average Bonchev–Trinajstić information content (AvgIpc) is 2.46. The lowest BCUT2D eigenvalue weighted by Gasteiger charge is -2.20. The number of hydrogen-bond donors (Lipinski definition) is 1. The molecule has 2 aromatic rings. The van der Waals surface area contributed by atoms with Gasteiger partial charge in [0.2, 0.25) is 0 Å². The van der Waals surface area contributed by atoms with Crippen molar-refractivity contribution in [2.45, 2.75) is 6.61 Å². The molecule has 20 heavy (non-hydrogen) atoms. The molecule has 5 nitrogen and oxygen atoms in total. The SMILES string of the molecule is COP(=O)([O-])OCc1cccc(-c2ccc(O)cc2)c1. The fourth-order valence-electron chi connectivity index (χ4n) is 1.70. The summed E-state index contributed by atoms with van der Waals surface area (Å²) in [5, 5.41) is 9.26. The Kier molecular flexibility index (Phi) is 4.57. The Morgan fingerprint density at radius 1 is 1.15 bits per heavy atom. The first-order chi connectivity index (χ1) is 9.50. The topological polar surface area (TPSA) is 78.8 Å². The van der Waals surface area contributed by atoms with Gasteiger partial charge in [0.25, 0.3) is 7.82 Å². The molecule has 2 rings (SSSR count). The molecule has 1 unspecified atom stereocenters. The first-order valence-corrected chi connectivity index (χ1v) is 7.36. The zero-order valence-electron chi connectivity index (χ0n) is 10.9. The van der Waals surface area contributed by atoms with E-state index in [2.05, 4.69) is 4.52 Å². The van der Waals surface area contributed by atoms with E-state index in [-0.39, 0.29) is 12.4 Å². The summed E-state index contributed by atoms with van der Waals surface area (Å²) >= 11 is 0. The molecule has 1 atom stereocenters. The van der Waals surface area contributed by atoms with E-state index in [9.17, 15) is 14.6 Å². The van der Waals surface area contributed by atoms with Gasteiger partial charge in [-0.2, -0.15) is 0 Å². The molecular formula is C14H14O5P-. The molecule has 0 fully saturated rings. The summed E-state index contributed by atoms with van der Waals surface area (Å²) in [6, 6.07) is 14.0. The highest BCUT2D eigenvalue weighted by Gasteiger charge is 2.07. The van der Waals surface area contributed by atoms with Gasteiger partial charge in [0.15, 0.2) is 0 Å². The molecule has 106 valence electrons. The third-order valence-corrected chi connectivity index (χ3v) is 3.63. The van der Waals surface area contributed by atoms with Gasteiger partial charge < -0.3 is 19.0 Å². The van der Waals surface area contributed by atoms with Gasteiger partial charge in [-0.15, -0.1) is 0 Å². The Labute approximate surface area is 117 Å². The summed E-state index contributed by atoms with van der Waals surface area (Å²) in [7, 11) is -3.16. The van der Waals surface area contributed by atoms with Crippen molar-refractivity contribution in [1.82, 2.24) is 0 Å². The van der Waals surface area contributed by atoms with Crippen LogP contribution in [0.3, 0.4) is 0 Å². The maximum Gasteiger partial charge on any atom is 0.267 e. The summed E-state index contributed by atoms with van der Waals surface area (Å²) < 4.78 is 20.1. The number of phosphoric acid groups is 1. The number of phenols is 1. The quantitative estimate of drug-likeness (QED) is 0.857. The highest BCUT2D eigenvalue weighted by atomic mass is 31.2. The van der Waals surface area contributed by atoms with E-state index in [1.807, 2.05) is 18.2 Å². The van der Waals surface area contributed by atoms with Crippen molar-refractivity contribution in [3.8, 4) is 16.9 Å². The molecule has 0 aliphatic heterocycles. The molecule has 0 heterocycles. The lowest BCUT2D eigenvalue weighted by atomic mass is 10.0. The number of phenolic OH excluding ortho intramolecular Hbond substituents is 1. The van der Waals surface area contributed by atoms with Gasteiger partial charge in [0, 0.05) is 7.11 Å². The molecule has 0 bridgehead atoms. The summed E-state index contributed by atoms with van der Waals surface area (Å²) in [5.74, 6) is 0.195. The minimum absolute atomic E-state index is 0.0828. The summed E-state index contributed by atoms with van der Waals surface area (Å²) in [6.07, 6.45) is 0. The average molecular weight is 293 g/mol. The third kappa shape index (κ3) is 3.92. The highest BCUT2D eigenvalue weighted by molar-refractivity contribution is 7.45. The standard InChI is InChI=1S/C14H15O5P/c1-18-20(16,17)19-10-11-3-2-4-13(9-11)12-5-7-14(15)8-6-12/h2-9,15H,10H2,1H3,(H,16,17)/p-1. The maximum atomic E-state index is 11.1. The summed E-state index contributed by atoms with van der Waals surface area (Å²) in [4.78, 5) is 11.1. The normalized spacial score (nSPS) is 13.9. The summed E-state index contributed by atoms with van der Waals surface area (Å²) in [5.41, 5.74) is 2.54. The van der Waals surface area contributed by atoms with E-state index in [0.717, 1.165) is 18.2 Å². The van der Waals surface area contributed by atoms with Crippen LogP contribution in [0.15, 0.2) is 48.5 Å². The number of benzene rings is 2. The predicted molar refractivity (Wildman–Crippen MR) is 72.9 cm³/mol. The Hall–Kier alpha value is -1.65. The van der Waals surface area contributed by atoms with Gasteiger partial charge in [-0.3, -0.25) is 4.57 Å². The van der Waals surface area contributed by atoms with Crippen molar-refractivity contribution < 1.29 is 23.6 Å². The van der Waals surface area contributed by atoms with E-state index < -0.39 is 7.82 Å². The Morgan fingerprint density at radius 2 is 1.85 bits per heavy atom. The van der Waals surface area contributed by atoms with E-state index >= 15 is 0 Å². The number of rotatable bonds is 5. The molecule has 0 amide bonds. The van der Waals surface area contributed by atoms with Crippen LogP contribution in [0.4, 0.5) is 0 Å². The Morgan fingerprint density at radius 3 is 2.50 bits per heavy atom. The van der Waals surface area contributed by atoms with Gasteiger partial charge in [-0.25, -0.2) is 0 Å². The zero-order valence-corrected chi connectivity index (χ0v) is 11.7. The first kappa shape index (κ1) is 14.8. The first-order valence-electron chi connectivity index (χ1n) is 5.90. The molecular weight excluding hydrogens is 279 g/mol. The van der Waals surface area contributed by atoms with Gasteiger partial charge in [0.1, 0.15) is 5.75 Å². The van der Waals surface area contributed by atoms with E-state index in [0.29, 0.717) is 5.56 Å². The van der Waals surface area contributed by atoms with Crippen LogP contribution in [0.5, 0.6) is 5.75 Å².